The minimum Gasteiger partial charge on any atom is -0.394 e. The Morgan fingerprint density at radius 2 is 1.21 bits per heavy atom. The van der Waals surface area contributed by atoms with E-state index in [1.807, 2.05) is 0 Å². The maximum absolute atomic E-state index is 12.2. The van der Waals surface area contributed by atoms with Gasteiger partial charge in [-0.1, -0.05) is 27.7 Å². The third-order valence-electron chi connectivity index (χ3n) is 20.7. The number of rotatable bonds is 10. The maximum atomic E-state index is 12.2. The zero-order chi connectivity index (χ0) is 51.6. The van der Waals surface area contributed by atoms with Crippen molar-refractivity contribution in [2.45, 2.75) is 220 Å². The number of hydrogen-bond donors (Lipinski definition) is 14. The molecule has 0 aromatic heterocycles. The zero-order valence-corrected chi connectivity index (χ0v) is 43.0. The lowest BCUT2D eigenvalue weighted by molar-refractivity contribution is -0.464. The summed E-state index contributed by atoms with van der Waals surface area (Å²) in [6, 6.07) is 0. The van der Waals surface area contributed by atoms with Gasteiger partial charge in [-0.15, -0.1) is 12.4 Å². The number of halogens is 1. The Labute approximate surface area is 431 Å². The SMILES string of the molecule is CC1CCC2(NC1)O[C@H]1CC3C4CCC5CC([C@@]6(O[C@@H]7O[C@H](CO)[C@@H](O)[C@H](O)[C@H]7O)O[C@@H](CO)[C@H](O)[C@H](O[C@@H]7O[C@H](CO)[C@@H](O)[C@H](O)[C@H]7O)[C@H]6O[C@@H]6OC[C@@H](O)[C@H](O)[C@H]6O)CC[C@]5(C)C4CC[C@]3(C)[C@H]1[C@H]2C.Cl. The fraction of sp³-hybridized carbons (Fsp3) is 1.00. The van der Waals surface area contributed by atoms with Crippen molar-refractivity contribution in [1.29, 1.82) is 0 Å². The molecule has 0 aromatic rings. The summed E-state index contributed by atoms with van der Waals surface area (Å²) < 4.78 is 51.2. The van der Waals surface area contributed by atoms with E-state index in [1.165, 1.54) is 0 Å². The number of nitrogens with one attached hydrogen (secondary N) is 1. The Kier molecular flexibility index (Phi) is 16.8. The molecular weight excluding hydrogens is 986 g/mol. The molecule has 7 unspecified atom stereocenters. The van der Waals surface area contributed by atoms with Gasteiger partial charge in [-0.05, 0) is 111 Å². The third kappa shape index (κ3) is 9.29. The molecule has 22 nitrogen and oxygen atoms in total. The molecule has 0 radical (unpaired) electrons. The quantitative estimate of drug-likeness (QED) is 0.106. The fourth-order valence-corrected chi connectivity index (χ4v) is 16.5. The lowest BCUT2D eigenvalue weighted by atomic mass is 9.43. The Balaban J connectivity index is 0.00000656. The van der Waals surface area contributed by atoms with Gasteiger partial charge in [0.25, 0.3) is 0 Å². The second-order valence-electron chi connectivity index (χ2n) is 24.3. The van der Waals surface area contributed by atoms with Gasteiger partial charge in [-0.2, -0.15) is 0 Å². The van der Waals surface area contributed by atoms with Gasteiger partial charge >= 0.3 is 0 Å². The van der Waals surface area contributed by atoms with Crippen LogP contribution in [0.3, 0.4) is 0 Å². The second-order valence-corrected chi connectivity index (χ2v) is 24.3. The average molecular weight is 1070 g/mol. The van der Waals surface area contributed by atoms with Crippen molar-refractivity contribution < 1.29 is 104 Å². The molecular formula is C50H84ClNO21. The Bertz CT molecular complexity index is 1870. The first-order valence-corrected chi connectivity index (χ1v) is 26.8. The van der Waals surface area contributed by atoms with Crippen LogP contribution in [-0.4, -0.2) is 227 Å². The molecule has 31 atom stereocenters. The molecule has 4 aliphatic carbocycles. The zero-order valence-electron chi connectivity index (χ0n) is 42.2. The molecule has 0 aromatic carbocycles. The van der Waals surface area contributed by atoms with Crippen LogP contribution in [0.1, 0.15) is 91.9 Å². The van der Waals surface area contributed by atoms with Crippen molar-refractivity contribution in [2.75, 3.05) is 33.0 Å². The van der Waals surface area contributed by atoms with E-state index in [4.69, 9.17) is 37.9 Å². The van der Waals surface area contributed by atoms with E-state index >= 15 is 0 Å². The highest BCUT2D eigenvalue weighted by atomic mass is 35.5. The van der Waals surface area contributed by atoms with E-state index < -0.39 is 149 Å². The van der Waals surface area contributed by atoms with Crippen LogP contribution >= 0.6 is 12.4 Å². The highest BCUT2D eigenvalue weighted by molar-refractivity contribution is 5.85. The molecule has 10 aliphatic rings. The molecule has 6 heterocycles. The molecule has 6 saturated heterocycles. The summed E-state index contributed by atoms with van der Waals surface area (Å²) in [5, 5.41) is 146. The molecule has 0 amide bonds. The van der Waals surface area contributed by atoms with Crippen molar-refractivity contribution in [2.24, 2.45) is 58.2 Å². The van der Waals surface area contributed by atoms with Crippen molar-refractivity contribution in [3.05, 3.63) is 0 Å². The van der Waals surface area contributed by atoms with Crippen LogP contribution in [-0.2, 0) is 37.9 Å². The predicted octanol–water partition coefficient (Wildman–Crippen LogP) is -2.68. The van der Waals surface area contributed by atoms with Crippen LogP contribution in [0.5, 0.6) is 0 Å². The molecule has 4 saturated carbocycles. The summed E-state index contributed by atoms with van der Waals surface area (Å²) >= 11 is 0. The van der Waals surface area contributed by atoms with E-state index in [0.29, 0.717) is 54.8 Å². The van der Waals surface area contributed by atoms with E-state index in [9.17, 15) is 66.4 Å². The molecule has 73 heavy (non-hydrogen) atoms. The van der Waals surface area contributed by atoms with Gasteiger partial charge in [0.15, 0.2) is 18.9 Å². The van der Waals surface area contributed by atoms with E-state index in [2.05, 4.69) is 33.0 Å². The highest BCUT2D eigenvalue weighted by Crippen LogP contribution is 2.72. The number of hydrogen-bond acceptors (Lipinski definition) is 22. The topological polar surface area (TPSA) is 349 Å². The first-order chi connectivity index (χ1) is 34.2. The number of fused-ring (bicyclic) bond motifs is 7. The third-order valence-corrected chi connectivity index (χ3v) is 20.7. The van der Waals surface area contributed by atoms with Gasteiger partial charge in [0.1, 0.15) is 97.3 Å². The molecule has 1 spiro atoms. The Morgan fingerprint density at radius 3 is 1.85 bits per heavy atom. The van der Waals surface area contributed by atoms with Gasteiger partial charge in [0, 0.05) is 18.4 Å². The van der Waals surface area contributed by atoms with Crippen molar-refractivity contribution in [1.82, 2.24) is 5.32 Å². The van der Waals surface area contributed by atoms with Gasteiger partial charge in [0.05, 0.1) is 32.5 Å². The largest absolute Gasteiger partial charge is 0.394 e. The van der Waals surface area contributed by atoms with Gasteiger partial charge in [0.2, 0.25) is 5.79 Å². The highest BCUT2D eigenvalue weighted by Gasteiger charge is 2.71. The summed E-state index contributed by atoms with van der Waals surface area (Å²) in [7, 11) is 0. The van der Waals surface area contributed by atoms with Gasteiger partial charge in [-0.25, -0.2) is 0 Å². The summed E-state index contributed by atoms with van der Waals surface area (Å²) in [5.74, 6) is -0.515. The Hall–Kier alpha value is -0.590. The van der Waals surface area contributed by atoms with Gasteiger partial charge < -0.3 is 104 Å². The first-order valence-electron chi connectivity index (χ1n) is 26.8. The minimum atomic E-state index is -2.37. The standard InChI is InChI=1S/C50H83NO21.ClH/c1-20-7-12-49(51-15-20)21(2)32-28(70-49)14-26-24-6-5-22-13-23(8-10-47(22,3)25(24)9-11-48(26,32)4)50(72-46-41(64)38(61)35(58)30(17-53)67-46)43(69-44-39(62)33(56)27(55)19-65-44)42(36(59)31(18-54)71-50)68-45-40(63)37(60)34(57)29(16-52)66-45;/h20-46,51-64H,5-19H2,1-4H3;1H/t20?,21-,22?,23?,24?,25?,26?,27-,28+,29-,30-,31+,32+,33+,34-,35-,36+,37+,38+,39-,40-,41-,42+,43-,44+,45+,46+,47+,48+,49?,50+;/m1./s1. The monoisotopic (exact) mass is 1070 g/mol. The summed E-state index contributed by atoms with van der Waals surface area (Å²) in [4.78, 5) is 0. The number of aliphatic hydroxyl groups excluding tert-OH is 13. The van der Waals surface area contributed by atoms with Crippen LogP contribution in [0.15, 0.2) is 0 Å². The molecule has 23 heteroatoms. The molecule has 422 valence electrons. The van der Waals surface area contributed by atoms with E-state index in [0.717, 1.165) is 51.5 Å². The molecule has 14 N–H and O–H groups in total. The minimum absolute atomic E-state index is 0. The molecule has 0 bridgehead atoms. The molecule has 10 rings (SSSR count). The number of piperidine rings is 1. The first kappa shape index (κ1) is 57.1. The molecule has 10 fully saturated rings. The van der Waals surface area contributed by atoms with Crippen LogP contribution in [0.25, 0.3) is 0 Å². The van der Waals surface area contributed by atoms with Crippen LogP contribution in [0.2, 0.25) is 0 Å². The maximum Gasteiger partial charge on any atom is 0.203 e. The van der Waals surface area contributed by atoms with Crippen LogP contribution in [0, 0.1) is 58.2 Å². The second kappa shape index (κ2) is 21.5. The van der Waals surface area contributed by atoms with Crippen molar-refractivity contribution in [3.8, 4) is 0 Å². The average Bonchev–Trinajstić information content (AvgIpc) is 3.82. The van der Waals surface area contributed by atoms with Gasteiger partial charge in [-0.3, -0.25) is 5.32 Å². The Morgan fingerprint density at radius 1 is 0.575 bits per heavy atom. The fourth-order valence-electron chi connectivity index (χ4n) is 16.5. The van der Waals surface area contributed by atoms with E-state index in [-0.39, 0.29) is 41.0 Å². The molecule has 6 aliphatic heterocycles. The van der Waals surface area contributed by atoms with Crippen LogP contribution < -0.4 is 5.32 Å². The predicted molar refractivity (Wildman–Crippen MR) is 251 cm³/mol. The number of ether oxygens (including phenoxy) is 8. The van der Waals surface area contributed by atoms with E-state index in [1.54, 1.807) is 0 Å². The summed E-state index contributed by atoms with van der Waals surface area (Å²) in [5.41, 5.74) is -0.375. The summed E-state index contributed by atoms with van der Waals surface area (Å²) in [6.07, 6.45) is -24.2. The summed E-state index contributed by atoms with van der Waals surface area (Å²) in [6.45, 7) is 7.42. The lowest BCUT2D eigenvalue weighted by Gasteiger charge is -2.63. The van der Waals surface area contributed by atoms with Crippen LogP contribution in [0.4, 0.5) is 0 Å². The number of aliphatic hydroxyl groups is 13. The normalized spacial score (nSPS) is 58.1. The lowest BCUT2D eigenvalue weighted by Crippen LogP contribution is -2.74. The smallest absolute Gasteiger partial charge is 0.203 e. The van der Waals surface area contributed by atoms with Crippen molar-refractivity contribution >= 4 is 12.4 Å². The van der Waals surface area contributed by atoms with Crippen molar-refractivity contribution in [3.63, 3.8) is 0 Å².